The van der Waals surface area contributed by atoms with Gasteiger partial charge in [0.1, 0.15) is 12.3 Å². The molecule has 3 rings (SSSR count). The number of nitrogens with one attached hydrogen (secondary N) is 2. The standard InChI is InChI=1S/C16H19N5O3/c1-24-13-4-2-3-11(7-13)8-17-15(22)10-21-9-14(19-20-21)18-16(23)12-5-6-12/h2-4,7,9,12H,5-6,8,10H2,1H3,(H,17,22)(H,18,23). The van der Waals surface area contributed by atoms with Gasteiger partial charge in [0, 0.05) is 12.5 Å². The fourth-order valence-corrected chi connectivity index (χ4v) is 2.19. The first-order chi connectivity index (χ1) is 11.6. The van der Waals surface area contributed by atoms with E-state index in [1.54, 1.807) is 13.3 Å². The summed E-state index contributed by atoms with van der Waals surface area (Å²) < 4.78 is 6.54. The normalized spacial score (nSPS) is 13.4. The van der Waals surface area contributed by atoms with Gasteiger partial charge >= 0.3 is 0 Å². The van der Waals surface area contributed by atoms with Gasteiger partial charge in [0.2, 0.25) is 11.8 Å². The lowest BCUT2D eigenvalue weighted by Gasteiger charge is -2.06. The zero-order valence-corrected chi connectivity index (χ0v) is 13.4. The van der Waals surface area contributed by atoms with Crippen LogP contribution in [0.3, 0.4) is 0 Å². The molecule has 0 unspecified atom stereocenters. The van der Waals surface area contributed by atoms with E-state index in [4.69, 9.17) is 4.74 Å². The minimum atomic E-state index is -0.192. The van der Waals surface area contributed by atoms with E-state index < -0.39 is 0 Å². The number of ether oxygens (including phenoxy) is 1. The second-order valence-corrected chi connectivity index (χ2v) is 5.69. The van der Waals surface area contributed by atoms with Gasteiger partial charge in [-0.2, -0.15) is 0 Å². The second kappa shape index (κ2) is 7.12. The molecule has 1 aromatic carbocycles. The maximum absolute atomic E-state index is 12.0. The zero-order chi connectivity index (χ0) is 16.9. The van der Waals surface area contributed by atoms with Crippen molar-refractivity contribution in [1.29, 1.82) is 0 Å². The number of rotatable bonds is 7. The Morgan fingerprint density at radius 2 is 2.21 bits per heavy atom. The third-order valence-electron chi connectivity index (χ3n) is 3.67. The van der Waals surface area contributed by atoms with Gasteiger partial charge in [-0.1, -0.05) is 17.3 Å². The maximum atomic E-state index is 12.0. The van der Waals surface area contributed by atoms with Crippen LogP contribution in [0, 0.1) is 5.92 Å². The molecule has 1 aliphatic rings. The van der Waals surface area contributed by atoms with E-state index in [1.807, 2.05) is 24.3 Å². The number of hydrogen-bond acceptors (Lipinski definition) is 5. The molecule has 0 atom stereocenters. The van der Waals surface area contributed by atoms with Crippen LogP contribution in [0.4, 0.5) is 5.82 Å². The van der Waals surface area contributed by atoms with E-state index in [0.29, 0.717) is 12.4 Å². The van der Waals surface area contributed by atoms with E-state index in [9.17, 15) is 9.59 Å². The number of nitrogens with zero attached hydrogens (tertiary/aromatic N) is 3. The first kappa shape index (κ1) is 16.0. The first-order valence-electron chi connectivity index (χ1n) is 7.74. The molecule has 1 heterocycles. The summed E-state index contributed by atoms with van der Waals surface area (Å²) in [6.07, 6.45) is 3.39. The van der Waals surface area contributed by atoms with Gasteiger partial charge in [0.05, 0.1) is 13.3 Å². The highest BCUT2D eigenvalue weighted by Gasteiger charge is 2.30. The Balaban J connectivity index is 1.47. The highest BCUT2D eigenvalue weighted by atomic mass is 16.5. The van der Waals surface area contributed by atoms with Crippen LogP contribution in [0.2, 0.25) is 0 Å². The molecule has 126 valence electrons. The highest BCUT2D eigenvalue weighted by Crippen LogP contribution is 2.29. The van der Waals surface area contributed by atoms with Crippen LogP contribution < -0.4 is 15.4 Å². The summed E-state index contributed by atoms with van der Waals surface area (Å²) in [5, 5.41) is 13.2. The average molecular weight is 329 g/mol. The molecule has 1 aliphatic carbocycles. The maximum Gasteiger partial charge on any atom is 0.242 e. The van der Waals surface area contributed by atoms with E-state index in [1.165, 1.54) is 4.68 Å². The van der Waals surface area contributed by atoms with Crippen molar-refractivity contribution in [1.82, 2.24) is 20.3 Å². The molecule has 0 radical (unpaired) electrons. The molecule has 2 amide bonds. The summed E-state index contributed by atoms with van der Waals surface area (Å²) >= 11 is 0. The molecular weight excluding hydrogens is 310 g/mol. The summed E-state index contributed by atoms with van der Waals surface area (Å²) in [6.45, 7) is 0.437. The number of amides is 2. The summed E-state index contributed by atoms with van der Waals surface area (Å²) in [5.74, 6) is 0.982. The third kappa shape index (κ3) is 4.31. The molecule has 0 saturated heterocycles. The van der Waals surface area contributed by atoms with Gasteiger partial charge in [0.15, 0.2) is 5.82 Å². The smallest absolute Gasteiger partial charge is 0.242 e. The minimum Gasteiger partial charge on any atom is -0.497 e. The number of aromatic nitrogens is 3. The Labute approximate surface area is 139 Å². The predicted octanol–water partition coefficient (Wildman–Crippen LogP) is 0.952. The van der Waals surface area contributed by atoms with Crippen molar-refractivity contribution in [2.24, 2.45) is 5.92 Å². The Morgan fingerprint density at radius 3 is 2.96 bits per heavy atom. The zero-order valence-electron chi connectivity index (χ0n) is 13.4. The fourth-order valence-electron chi connectivity index (χ4n) is 2.19. The molecule has 8 nitrogen and oxygen atoms in total. The SMILES string of the molecule is COc1cccc(CNC(=O)Cn2cc(NC(=O)C3CC3)nn2)c1. The van der Waals surface area contributed by atoms with Crippen molar-refractivity contribution in [3.63, 3.8) is 0 Å². The topological polar surface area (TPSA) is 98.1 Å². The van der Waals surface area contributed by atoms with Crippen molar-refractivity contribution in [2.45, 2.75) is 25.9 Å². The Hall–Kier alpha value is -2.90. The molecule has 0 spiro atoms. The quantitative estimate of drug-likeness (QED) is 0.788. The molecular formula is C16H19N5O3. The monoisotopic (exact) mass is 329 g/mol. The molecule has 8 heteroatoms. The predicted molar refractivity (Wildman–Crippen MR) is 86.2 cm³/mol. The number of anilines is 1. The van der Waals surface area contributed by atoms with Crippen LogP contribution in [-0.4, -0.2) is 33.9 Å². The summed E-state index contributed by atoms with van der Waals surface area (Å²) in [4.78, 5) is 23.6. The van der Waals surface area contributed by atoms with Crippen molar-refractivity contribution < 1.29 is 14.3 Å². The summed E-state index contributed by atoms with van der Waals surface area (Å²) in [7, 11) is 1.60. The van der Waals surface area contributed by atoms with E-state index >= 15 is 0 Å². The highest BCUT2D eigenvalue weighted by molar-refractivity contribution is 5.93. The Morgan fingerprint density at radius 1 is 1.38 bits per heavy atom. The molecule has 1 aromatic heterocycles. The van der Waals surface area contributed by atoms with Gasteiger partial charge in [0.25, 0.3) is 0 Å². The summed E-state index contributed by atoms with van der Waals surface area (Å²) in [5.41, 5.74) is 0.943. The van der Waals surface area contributed by atoms with E-state index in [0.717, 1.165) is 24.2 Å². The summed E-state index contributed by atoms with van der Waals surface area (Å²) in [6, 6.07) is 7.48. The van der Waals surface area contributed by atoms with E-state index in [-0.39, 0.29) is 24.3 Å². The molecule has 0 aliphatic heterocycles. The minimum absolute atomic E-state index is 0.0375. The van der Waals surface area contributed by atoms with Crippen LogP contribution in [0.1, 0.15) is 18.4 Å². The van der Waals surface area contributed by atoms with Crippen LogP contribution in [0.25, 0.3) is 0 Å². The number of benzene rings is 1. The van der Waals surface area contributed by atoms with Crippen LogP contribution in [0.15, 0.2) is 30.5 Å². The van der Waals surface area contributed by atoms with Crippen molar-refractivity contribution in [2.75, 3.05) is 12.4 Å². The second-order valence-electron chi connectivity index (χ2n) is 5.69. The van der Waals surface area contributed by atoms with Gasteiger partial charge in [-0.05, 0) is 30.5 Å². The molecule has 1 saturated carbocycles. The molecule has 2 N–H and O–H groups in total. The lowest BCUT2D eigenvalue weighted by atomic mass is 10.2. The first-order valence-corrected chi connectivity index (χ1v) is 7.74. The van der Waals surface area contributed by atoms with Gasteiger partial charge in [-0.15, -0.1) is 5.10 Å². The molecule has 2 aromatic rings. The number of methoxy groups -OCH3 is 1. The largest absolute Gasteiger partial charge is 0.497 e. The van der Waals surface area contributed by atoms with Crippen LogP contribution in [-0.2, 0) is 22.7 Å². The molecule has 1 fully saturated rings. The van der Waals surface area contributed by atoms with Crippen LogP contribution >= 0.6 is 0 Å². The van der Waals surface area contributed by atoms with Gasteiger partial charge in [-0.3, -0.25) is 9.59 Å². The van der Waals surface area contributed by atoms with Gasteiger partial charge < -0.3 is 15.4 Å². The number of carbonyl (C=O) groups is 2. The van der Waals surface area contributed by atoms with Crippen LogP contribution in [0.5, 0.6) is 5.75 Å². The third-order valence-corrected chi connectivity index (χ3v) is 3.67. The van der Waals surface area contributed by atoms with Crippen molar-refractivity contribution in [3.8, 4) is 5.75 Å². The van der Waals surface area contributed by atoms with E-state index in [2.05, 4.69) is 20.9 Å². The van der Waals surface area contributed by atoms with Crippen molar-refractivity contribution in [3.05, 3.63) is 36.0 Å². The average Bonchev–Trinajstić information content (AvgIpc) is 3.36. The Bertz CT molecular complexity index is 739. The molecule has 24 heavy (non-hydrogen) atoms. The van der Waals surface area contributed by atoms with Gasteiger partial charge in [-0.25, -0.2) is 4.68 Å². The molecule has 0 bridgehead atoms. The Kier molecular flexibility index (Phi) is 4.74. The van der Waals surface area contributed by atoms with Crippen molar-refractivity contribution >= 4 is 17.6 Å². The number of carbonyl (C=O) groups excluding carboxylic acids is 2. The lowest BCUT2D eigenvalue weighted by molar-refractivity contribution is -0.122. The fraction of sp³-hybridized carbons (Fsp3) is 0.375. The lowest BCUT2D eigenvalue weighted by Crippen LogP contribution is -2.27. The number of hydrogen-bond donors (Lipinski definition) is 2.